The van der Waals surface area contributed by atoms with Gasteiger partial charge in [-0.3, -0.25) is 4.79 Å². The Kier molecular flexibility index (Phi) is 5.00. The molecule has 5 nitrogen and oxygen atoms in total. The number of carbonyl (C=O) groups is 1. The molecule has 0 aliphatic carbocycles. The van der Waals surface area contributed by atoms with E-state index < -0.39 is 5.97 Å². The van der Waals surface area contributed by atoms with E-state index in [1.54, 1.807) is 23.1 Å². The second-order valence-corrected chi connectivity index (χ2v) is 3.81. The summed E-state index contributed by atoms with van der Waals surface area (Å²) in [5.74, 6) is -0.314. The molecular formula is C13H16N2O3. The number of benzene rings is 1. The molecule has 0 aromatic heterocycles. The zero-order valence-corrected chi connectivity index (χ0v) is 10.5. The molecule has 0 radical (unpaired) electrons. The molecule has 0 spiro atoms. The molecule has 0 aliphatic rings. The number of anilines is 1. The Morgan fingerprint density at radius 2 is 2.28 bits per heavy atom. The van der Waals surface area contributed by atoms with Crippen LogP contribution in [0.1, 0.15) is 18.9 Å². The summed E-state index contributed by atoms with van der Waals surface area (Å²) in [6.45, 7) is 2.41. The molecule has 1 aromatic carbocycles. The Morgan fingerprint density at radius 3 is 2.78 bits per heavy atom. The van der Waals surface area contributed by atoms with Gasteiger partial charge in [0.25, 0.3) is 0 Å². The van der Waals surface area contributed by atoms with Gasteiger partial charge in [-0.25, -0.2) is 0 Å². The summed E-state index contributed by atoms with van der Waals surface area (Å²) in [5.41, 5.74) is 1.05. The van der Waals surface area contributed by atoms with Crippen molar-refractivity contribution in [2.75, 3.05) is 25.1 Å². The highest BCUT2D eigenvalue weighted by Crippen LogP contribution is 2.25. The van der Waals surface area contributed by atoms with Crippen molar-refractivity contribution in [2.24, 2.45) is 0 Å². The SMILES string of the molecule is CCCN(CC(=O)O)c1cc(OC)ccc1C#N. The van der Waals surface area contributed by atoms with Crippen LogP contribution in [0.25, 0.3) is 0 Å². The van der Waals surface area contributed by atoms with Crippen LogP contribution in [0.5, 0.6) is 5.75 Å². The molecule has 1 rings (SSSR count). The molecule has 5 heteroatoms. The van der Waals surface area contributed by atoms with Crippen LogP contribution in [0.3, 0.4) is 0 Å². The first-order valence-electron chi connectivity index (χ1n) is 5.67. The van der Waals surface area contributed by atoms with Gasteiger partial charge < -0.3 is 14.7 Å². The monoisotopic (exact) mass is 248 g/mol. The summed E-state index contributed by atoms with van der Waals surface area (Å²) in [5, 5.41) is 18.0. The van der Waals surface area contributed by atoms with Crippen LogP contribution in [-0.4, -0.2) is 31.3 Å². The van der Waals surface area contributed by atoms with Gasteiger partial charge in [0.05, 0.1) is 18.4 Å². The van der Waals surface area contributed by atoms with E-state index in [0.717, 1.165) is 6.42 Å². The largest absolute Gasteiger partial charge is 0.497 e. The van der Waals surface area contributed by atoms with Crippen molar-refractivity contribution in [1.29, 1.82) is 5.26 Å². The lowest BCUT2D eigenvalue weighted by Gasteiger charge is -2.23. The van der Waals surface area contributed by atoms with Gasteiger partial charge in [-0.15, -0.1) is 0 Å². The first-order chi connectivity index (χ1) is 8.62. The van der Waals surface area contributed by atoms with Crippen LogP contribution in [0, 0.1) is 11.3 Å². The molecule has 96 valence electrons. The highest BCUT2D eigenvalue weighted by atomic mass is 16.5. The molecule has 0 amide bonds. The van der Waals surface area contributed by atoms with Crippen molar-refractivity contribution in [3.63, 3.8) is 0 Å². The molecule has 1 aromatic rings. The van der Waals surface area contributed by atoms with Crippen molar-refractivity contribution in [2.45, 2.75) is 13.3 Å². The lowest BCUT2D eigenvalue weighted by molar-refractivity contribution is -0.135. The molecule has 0 fully saturated rings. The lowest BCUT2D eigenvalue weighted by atomic mass is 10.1. The van der Waals surface area contributed by atoms with E-state index in [2.05, 4.69) is 6.07 Å². The lowest BCUT2D eigenvalue weighted by Crippen LogP contribution is -2.31. The number of nitrogens with zero attached hydrogens (tertiary/aromatic N) is 2. The van der Waals surface area contributed by atoms with Crippen molar-refractivity contribution < 1.29 is 14.6 Å². The normalized spacial score (nSPS) is 9.61. The van der Waals surface area contributed by atoms with E-state index in [9.17, 15) is 4.79 Å². The fourth-order valence-corrected chi connectivity index (χ4v) is 1.71. The number of nitriles is 1. The van der Waals surface area contributed by atoms with E-state index in [-0.39, 0.29) is 6.54 Å². The van der Waals surface area contributed by atoms with Gasteiger partial charge in [-0.2, -0.15) is 5.26 Å². The second-order valence-electron chi connectivity index (χ2n) is 3.81. The van der Waals surface area contributed by atoms with Crippen molar-refractivity contribution in [3.05, 3.63) is 23.8 Å². The van der Waals surface area contributed by atoms with E-state index in [1.807, 2.05) is 6.92 Å². The van der Waals surface area contributed by atoms with Gasteiger partial charge in [0, 0.05) is 12.6 Å². The molecule has 18 heavy (non-hydrogen) atoms. The van der Waals surface area contributed by atoms with Crippen LogP contribution in [-0.2, 0) is 4.79 Å². The van der Waals surface area contributed by atoms with Crippen LogP contribution in [0.15, 0.2) is 18.2 Å². The number of carboxylic acids is 1. The summed E-state index contributed by atoms with van der Waals surface area (Å²) in [4.78, 5) is 12.5. The number of hydrogen-bond acceptors (Lipinski definition) is 4. The Balaban J connectivity index is 3.15. The minimum absolute atomic E-state index is 0.129. The Labute approximate surface area is 106 Å². The van der Waals surface area contributed by atoms with Crippen molar-refractivity contribution in [1.82, 2.24) is 0 Å². The van der Waals surface area contributed by atoms with Crippen LogP contribution in [0.4, 0.5) is 5.69 Å². The van der Waals surface area contributed by atoms with Crippen LogP contribution < -0.4 is 9.64 Å². The summed E-state index contributed by atoms with van der Waals surface area (Å²) in [6, 6.07) is 7.09. The van der Waals surface area contributed by atoms with E-state index in [4.69, 9.17) is 15.1 Å². The summed E-state index contributed by atoms with van der Waals surface area (Å²) in [6.07, 6.45) is 0.801. The smallest absolute Gasteiger partial charge is 0.323 e. The molecule has 0 heterocycles. The number of methoxy groups -OCH3 is 1. The minimum atomic E-state index is -0.921. The van der Waals surface area contributed by atoms with Crippen LogP contribution >= 0.6 is 0 Å². The average molecular weight is 248 g/mol. The number of rotatable bonds is 6. The molecule has 0 bridgehead atoms. The summed E-state index contributed by atoms with van der Waals surface area (Å²) < 4.78 is 5.10. The molecule has 0 aliphatic heterocycles. The third kappa shape index (κ3) is 3.39. The zero-order valence-electron chi connectivity index (χ0n) is 10.5. The van der Waals surface area contributed by atoms with Crippen molar-refractivity contribution >= 4 is 11.7 Å². The topological polar surface area (TPSA) is 73.6 Å². The van der Waals surface area contributed by atoms with Crippen LogP contribution in [0.2, 0.25) is 0 Å². The fraction of sp³-hybridized carbons (Fsp3) is 0.385. The van der Waals surface area contributed by atoms with Gasteiger partial charge >= 0.3 is 5.97 Å². The summed E-state index contributed by atoms with van der Waals surface area (Å²) in [7, 11) is 1.53. The van der Waals surface area contributed by atoms with E-state index >= 15 is 0 Å². The average Bonchev–Trinajstić information content (AvgIpc) is 2.37. The fourth-order valence-electron chi connectivity index (χ4n) is 1.71. The number of ether oxygens (including phenoxy) is 1. The van der Waals surface area contributed by atoms with Gasteiger partial charge in [-0.05, 0) is 18.6 Å². The zero-order chi connectivity index (χ0) is 13.5. The molecular weight excluding hydrogens is 232 g/mol. The quantitative estimate of drug-likeness (QED) is 0.831. The maximum atomic E-state index is 10.9. The Morgan fingerprint density at radius 1 is 1.56 bits per heavy atom. The summed E-state index contributed by atoms with van der Waals surface area (Å²) >= 11 is 0. The van der Waals surface area contributed by atoms with Gasteiger partial charge in [0.1, 0.15) is 18.4 Å². The predicted octanol–water partition coefficient (Wildman–Crippen LogP) is 1.87. The maximum absolute atomic E-state index is 10.9. The molecule has 0 unspecified atom stereocenters. The number of carboxylic acid groups (broad SMARTS) is 1. The standard InChI is InChI=1S/C13H16N2O3/c1-3-6-15(9-13(16)17)12-7-11(18-2)5-4-10(12)8-14/h4-5,7H,3,6,9H2,1-2H3,(H,16,17). The molecule has 0 saturated carbocycles. The first kappa shape index (κ1) is 13.8. The third-order valence-corrected chi connectivity index (χ3v) is 2.49. The van der Waals surface area contributed by atoms with Gasteiger partial charge in [0.15, 0.2) is 0 Å². The van der Waals surface area contributed by atoms with Gasteiger partial charge in [0.2, 0.25) is 0 Å². The highest BCUT2D eigenvalue weighted by Gasteiger charge is 2.14. The van der Waals surface area contributed by atoms with Gasteiger partial charge in [-0.1, -0.05) is 6.92 Å². The maximum Gasteiger partial charge on any atom is 0.323 e. The third-order valence-electron chi connectivity index (χ3n) is 2.49. The minimum Gasteiger partial charge on any atom is -0.497 e. The van der Waals surface area contributed by atoms with E-state index in [0.29, 0.717) is 23.5 Å². The predicted molar refractivity (Wildman–Crippen MR) is 67.8 cm³/mol. The van der Waals surface area contributed by atoms with E-state index in [1.165, 1.54) is 7.11 Å². The molecule has 0 saturated heterocycles. The van der Waals surface area contributed by atoms with Crippen molar-refractivity contribution in [3.8, 4) is 11.8 Å². The highest BCUT2D eigenvalue weighted by molar-refractivity contribution is 5.75. The molecule has 0 atom stereocenters. The Bertz CT molecular complexity index is 466. The molecule has 1 N–H and O–H groups in total. The second kappa shape index (κ2) is 6.50. The number of aliphatic carboxylic acids is 1. The first-order valence-corrected chi connectivity index (χ1v) is 5.67. The Hall–Kier alpha value is -2.22. The number of hydrogen-bond donors (Lipinski definition) is 1.